The first kappa shape index (κ1) is 26.4. The molecule has 1 aromatic heterocycles. The minimum absolute atomic E-state index is 0.0416. The number of hydrogen-bond acceptors (Lipinski definition) is 7. The molecule has 37 heavy (non-hydrogen) atoms. The third-order valence-electron chi connectivity index (χ3n) is 6.27. The van der Waals surface area contributed by atoms with Crippen LogP contribution in [0.4, 0.5) is 13.2 Å². The van der Waals surface area contributed by atoms with Crippen LogP contribution in [0.2, 0.25) is 0 Å². The Labute approximate surface area is 211 Å². The van der Waals surface area contributed by atoms with E-state index in [1.54, 1.807) is 0 Å². The molecule has 3 aromatic rings. The quantitative estimate of drug-likeness (QED) is 0.346. The predicted octanol–water partition coefficient (Wildman–Crippen LogP) is 6.14. The summed E-state index contributed by atoms with van der Waals surface area (Å²) < 4.78 is 68.7. The van der Waals surface area contributed by atoms with Gasteiger partial charge in [0.25, 0.3) is 0 Å². The molecule has 198 valence electrons. The van der Waals surface area contributed by atoms with Gasteiger partial charge >= 0.3 is 12.1 Å². The summed E-state index contributed by atoms with van der Waals surface area (Å²) in [5.41, 5.74) is -1.90. The maximum absolute atomic E-state index is 14.0. The highest BCUT2D eigenvalue weighted by Crippen LogP contribution is 2.40. The largest absolute Gasteiger partial charge is 0.493 e. The van der Waals surface area contributed by atoms with Crippen LogP contribution in [0.3, 0.4) is 0 Å². The van der Waals surface area contributed by atoms with Crippen LogP contribution in [0.5, 0.6) is 17.2 Å². The molecular weight excluding hydrogens is 493 g/mol. The number of fused-ring (bicyclic) bond motifs is 1. The van der Waals surface area contributed by atoms with E-state index in [9.17, 15) is 22.8 Å². The van der Waals surface area contributed by atoms with Gasteiger partial charge in [-0.25, -0.2) is 4.79 Å². The molecule has 0 unspecified atom stereocenters. The lowest BCUT2D eigenvalue weighted by atomic mass is 9.98. The van der Waals surface area contributed by atoms with Gasteiger partial charge in [0.1, 0.15) is 17.4 Å². The maximum Gasteiger partial charge on any atom is 0.450 e. The lowest BCUT2D eigenvalue weighted by molar-refractivity contribution is -0.158. The molecule has 1 heterocycles. The van der Waals surface area contributed by atoms with E-state index < -0.39 is 35.0 Å². The smallest absolute Gasteiger partial charge is 0.450 e. The van der Waals surface area contributed by atoms with Crippen molar-refractivity contribution in [3.8, 4) is 28.4 Å². The fourth-order valence-electron chi connectivity index (χ4n) is 4.40. The number of benzene rings is 2. The predicted molar refractivity (Wildman–Crippen MR) is 129 cm³/mol. The molecule has 0 spiro atoms. The average molecular weight is 521 g/mol. The zero-order valence-corrected chi connectivity index (χ0v) is 20.6. The minimum atomic E-state index is -4.97. The summed E-state index contributed by atoms with van der Waals surface area (Å²) >= 11 is 0. The van der Waals surface area contributed by atoms with Crippen LogP contribution in [-0.4, -0.2) is 32.4 Å². The van der Waals surface area contributed by atoms with Gasteiger partial charge in [-0.15, -0.1) is 0 Å². The molecule has 0 amide bonds. The van der Waals surface area contributed by atoms with Crippen molar-refractivity contribution in [2.24, 2.45) is 0 Å². The normalized spacial score (nSPS) is 15.3. The molecule has 4 rings (SSSR count). The summed E-state index contributed by atoms with van der Waals surface area (Å²) in [5.74, 6) is -1.50. The van der Waals surface area contributed by atoms with Crippen LogP contribution in [0, 0.1) is 0 Å². The molecule has 0 bridgehead atoms. The lowest BCUT2D eigenvalue weighted by Gasteiger charge is -2.23. The SMILES string of the molecule is COc1ccc(-c2c(C(F)(F)F)oc3cc(O[C@@H](C)C(=O)OC4CCCCC4)ccc3c2=O)cc1OC. The van der Waals surface area contributed by atoms with Crippen molar-refractivity contribution in [1.82, 2.24) is 0 Å². The summed E-state index contributed by atoms with van der Waals surface area (Å²) in [6, 6.07) is 7.88. The van der Waals surface area contributed by atoms with Gasteiger partial charge < -0.3 is 23.4 Å². The molecule has 0 saturated heterocycles. The van der Waals surface area contributed by atoms with E-state index >= 15 is 0 Å². The highest BCUT2D eigenvalue weighted by molar-refractivity contribution is 5.84. The van der Waals surface area contributed by atoms with Crippen LogP contribution in [0.15, 0.2) is 45.6 Å². The Morgan fingerprint density at radius 1 is 1.00 bits per heavy atom. The second-order valence-corrected chi connectivity index (χ2v) is 8.82. The van der Waals surface area contributed by atoms with E-state index in [0.29, 0.717) is 5.75 Å². The number of hydrogen-bond donors (Lipinski definition) is 0. The first-order valence-corrected chi connectivity index (χ1v) is 11.9. The van der Waals surface area contributed by atoms with Crippen LogP contribution < -0.4 is 19.6 Å². The average Bonchev–Trinajstić information content (AvgIpc) is 2.88. The fraction of sp³-hybridized carbons (Fsp3) is 0.407. The third-order valence-corrected chi connectivity index (χ3v) is 6.27. The van der Waals surface area contributed by atoms with Crippen LogP contribution in [0.1, 0.15) is 44.8 Å². The molecule has 1 atom stereocenters. The van der Waals surface area contributed by atoms with Crippen molar-refractivity contribution in [3.05, 3.63) is 52.4 Å². The van der Waals surface area contributed by atoms with Crippen molar-refractivity contribution in [3.63, 3.8) is 0 Å². The number of ether oxygens (including phenoxy) is 4. The van der Waals surface area contributed by atoms with Crippen molar-refractivity contribution in [2.45, 2.75) is 57.4 Å². The first-order valence-electron chi connectivity index (χ1n) is 11.9. The number of halogens is 3. The Bertz CT molecular complexity index is 1340. The van der Waals surface area contributed by atoms with Gasteiger partial charge in [-0.05, 0) is 62.4 Å². The molecule has 1 aliphatic rings. The molecule has 0 N–H and O–H groups in total. The molecule has 7 nitrogen and oxygen atoms in total. The summed E-state index contributed by atoms with van der Waals surface area (Å²) in [7, 11) is 2.72. The Balaban J connectivity index is 1.69. The molecule has 0 aliphatic heterocycles. The van der Waals surface area contributed by atoms with Gasteiger partial charge in [0.05, 0.1) is 25.2 Å². The summed E-state index contributed by atoms with van der Waals surface area (Å²) in [6.07, 6.45) is -1.46. The molecular formula is C27H27F3O7. The van der Waals surface area contributed by atoms with Crippen LogP contribution >= 0.6 is 0 Å². The molecule has 1 fully saturated rings. The van der Waals surface area contributed by atoms with Gasteiger partial charge in [0, 0.05) is 6.07 Å². The lowest BCUT2D eigenvalue weighted by Crippen LogP contribution is -2.31. The van der Waals surface area contributed by atoms with Gasteiger partial charge in [0.2, 0.25) is 11.2 Å². The Hall–Kier alpha value is -3.69. The fourth-order valence-corrected chi connectivity index (χ4v) is 4.40. The monoisotopic (exact) mass is 520 g/mol. The Morgan fingerprint density at radius 3 is 2.35 bits per heavy atom. The highest BCUT2D eigenvalue weighted by Gasteiger charge is 2.39. The van der Waals surface area contributed by atoms with Crippen LogP contribution in [0.25, 0.3) is 22.1 Å². The Morgan fingerprint density at radius 2 is 1.70 bits per heavy atom. The van der Waals surface area contributed by atoms with Gasteiger partial charge in [0.15, 0.2) is 17.6 Å². The number of carbonyl (C=O) groups is 1. The molecule has 0 radical (unpaired) electrons. The minimum Gasteiger partial charge on any atom is -0.493 e. The van der Waals surface area contributed by atoms with E-state index in [4.69, 9.17) is 23.4 Å². The standard InChI is InChI=1S/C27H27F3O7/c1-15(26(32)36-17-7-5-4-6-8-17)35-18-10-11-19-21(14-18)37-25(27(28,29)30)23(24(19)31)16-9-12-20(33-2)22(13-16)34-3/h9-15,17H,4-8H2,1-3H3/t15-/m0/s1. The third kappa shape index (κ3) is 5.68. The van der Waals surface area contributed by atoms with Gasteiger partial charge in [-0.2, -0.15) is 13.2 Å². The van der Waals surface area contributed by atoms with E-state index in [1.165, 1.54) is 51.5 Å². The summed E-state index contributed by atoms with van der Waals surface area (Å²) in [5, 5.41) is -0.0810. The second kappa shape index (κ2) is 10.7. The topological polar surface area (TPSA) is 84.2 Å². The Kier molecular flexibility index (Phi) is 7.65. The molecule has 1 saturated carbocycles. The summed E-state index contributed by atoms with van der Waals surface area (Å²) in [6.45, 7) is 1.49. The number of carbonyl (C=O) groups excluding carboxylic acids is 1. The zero-order chi connectivity index (χ0) is 26.7. The van der Waals surface area contributed by atoms with Gasteiger partial charge in [-0.1, -0.05) is 12.5 Å². The number of rotatable bonds is 7. The number of esters is 1. The van der Waals surface area contributed by atoms with E-state index in [1.807, 2.05) is 0 Å². The number of methoxy groups -OCH3 is 2. The summed E-state index contributed by atoms with van der Waals surface area (Å²) in [4.78, 5) is 25.7. The first-order chi connectivity index (χ1) is 17.6. The molecule has 1 aliphatic carbocycles. The molecule has 2 aromatic carbocycles. The van der Waals surface area contributed by atoms with Gasteiger partial charge in [-0.3, -0.25) is 4.79 Å². The maximum atomic E-state index is 14.0. The van der Waals surface area contributed by atoms with E-state index in [0.717, 1.165) is 38.2 Å². The van der Waals surface area contributed by atoms with Crippen molar-refractivity contribution < 1.29 is 41.3 Å². The zero-order valence-electron chi connectivity index (χ0n) is 20.6. The van der Waals surface area contributed by atoms with Crippen molar-refractivity contribution >= 4 is 16.9 Å². The van der Waals surface area contributed by atoms with E-state index in [-0.39, 0.29) is 34.1 Å². The highest BCUT2D eigenvalue weighted by atomic mass is 19.4. The van der Waals surface area contributed by atoms with E-state index in [2.05, 4.69) is 0 Å². The second-order valence-electron chi connectivity index (χ2n) is 8.82. The number of alkyl halides is 3. The van der Waals surface area contributed by atoms with Crippen LogP contribution in [-0.2, 0) is 15.7 Å². The van der Waals surface area contributed by atoms with Crippen molar-refractivity contribution in [2.75, 3.05) is 14.2 Å². The molecule has 10 heteroatoms. The van der Waals surface area contributed by atoms with Crippen molar-refractivity contribution in [1.29, 1.82) is 0 Å².